The summed E-state index contributed by atoms with van der Waals surface area (Å²) in [5.41, 5.74) is -0.815. The van der Waals surface area contributed by atoms with Gasteiger partial charge in [0, 0.05) is 42.6 Å². The van der Waals surface area contributed by atoms with Gasteiger partial charge < -0.3 is 9.30 Å². The van der Waals surface area contributed by atoms with Crippen molar-refractivity contribution in [3.05, 3.63) is 36.1 Å². The van der Waals surface area contributed by atoms with E-state index < -0.39 is 13.5 Å². The maximum atomic E-state index is 11.9. The van der Waals surface area contributed by atoms with Gasteiger partial charge in [0.15, 0.2) is 0 Å². The van der Waals surface area contributed by atoms with E-state index in [-0.39, 0.29) is 48.6 Å². The molecule has 0 amide bonds. The predicted molar refractivity (Wildman–Crippen MR) is 83.2 cm³/mol. The van der Waals surface area contributed by atoms with E-state index in [1.807, 2.05) is 13.8 Å². The third kappa shape index (κ3) is 10.6. The molecule has 1 aromatic rings. The zero-order chi connectivity index (χ0) is 16.5. The average molecular weight is 554 g/mol. The SMILES string of the molecule is CCOC(=O)C(C)(C)N[PH](=O)C(C)C.Fc1cc[c-]cc1.[U]. The molecule has 1 rings (SSSR count). The van der Waals surface area contributed by atoms with Crippen molar-refractivity contribution >= 4 is 13.9 Å². The summed E-state index contributed by atoms with van der Waals surface area (Å²) in [5, 5.41) is 2.81. The first-order chi connectivity index (χ1) is 9.70. The number of hydrogen-bond donors (Lipinski definition) is 1. The molecule has 0 saturated carbocycles. The second-order valence-electron chi connectivity index (χ2n) is 5.21. The van der Waals surface area contributed by atoms with Crippen molar-refractivity contribution in [1.29, 1.82) is 0 Å². The molecule has 1 aromatic carbocycles. The Bertz CT molecular complexity index is 455. The van der Waals surface area contributed by atoms with Gasteiger partial charge in [0.05, 0.1) is 6.61 Å². The summed E-state index contributed by atoms with van der Waals surface area (Å²) in [6.07, 6.45) is 0. The number of carbonyl (C=O) groups excluding carboxylic acids is 1. The van der Waals surface area contributed by atoms with Crippen LogP contribution in [-0.4, -0.2) is 23.8 Å². The van der Waals surface area contributed by atoms with Crippen LogP contribution < -0.4 is 5.09 Å². The van der Waals surface area contributed by atoms with E-state index in [1.165, 1.54) is 24.3 Å². The monoisotopic (exact) mass is 554 g/mol. The van der Waals surface area contributed by atoms with Crippen LogP contribution in [0.3, 0.4) is 0 Å². The fourth-order valence-electron chi connectivity index (χ4n) is 1.18. The largest absolute Gasteiger partial charge is 0.465 e. The smallest absolute Gasteiger partial charge is 0.326 e. The third-order valence-corrected chi connectivity index (χ3v) is 4.34. The van der Waals surface area contributed by atoms with Gasteiger partial charge in [-0.25, -0.2) is 4.39 Å². The Kier molecular flexibility index (Phi) is 13.5. The second-order valence-corrected chi connectivity index (χ2v) is 7.34. The minimum Gasteiger partial charge on any atom is -0.465 e. The van der Waals surface area contributed by atoms with Gasteiger partial charge in [0.25, 0.3) is 0 Å². The Balaban J connectivity index is 0. The normalized spacial score (nSPS) is 11.8. The van der Waals surface area contributed by atoms with E-state index in [0.717, 1.165) is 0 Å². The number of ether oxygens (including phenoxy) is 1. The van der Waals surface area contributed by atoms with Crippen molar-refractivity contribution in [2.24, 2.45) is 0 Å². The summed E-state index contributed by atoms with van der Waals surface area (Å²) < 4.78 is 28.3. The van der Waals surface area contributed by atoms with E-state index in [0.29, 0.717) is 6.61 Å². The molecule has 0 heterocycles. The van der Waals surface area contributed by atoms with Gasteiger partial charge in [0.1, 0.15) is 13.5 Å². The van der Waals surface area contributed by atoms with Crippen LogP contribution in [0, 0.1) is 43.0 Å². The summed E-state index contributed by atoms with van der Waals surface area (Å²) in [6.45, 7) is 9.16. The molecule has 0 aliphatic rings. The Morgan fingerprint density at radius 3 is 2.23 bits per heavy atom. The van der Waals surface area contributed by atoms with Crippen LogP contribution in [0.2, 0.25) is 0 Å². The van der Waals surface area contributed by atoms with Crippen molar-refractivity contribution in [2.45, 2.75) is 45.8 Å². The summed E-state index contributed by atoms with van der Waals surface area (Å²) in [7, 11) is -1.93. The predicted octanol–water partition coefficient (Wildman–Crippen LogP) is 3.43. The number of halogens is 1. The molecule has 4 nitrogen and oxygen atoms in total. The van der Waals surface area contributed by atoms with Crippen LogP contribution in [-0.2, 0) is 14.1 Å². The molecule has 0 fully saturated rings. The molecule has 0 radical (unpaired) electrons. The van der Waals surface area contributed by atoms with Gasteiger partial charge in [-0.1, -0.05) is 13.8 Å². The van der Waals surface area contributed by atoms with Gasteiger partial charge >= 0.3 is 5.97 Å². The molecular formula is C15H24FNO3PU-. The van der Waals surface area contributed by atoms with Crippen LogP contribution in [0.15, 0.2) is 24.3 Å². The molecule has 0 aromatic heterocycles. The van der Waals surface area contributed by atoms with Crippen molar-refractivity contribution in [1.82, 2.24) is 5.09 Å². The van der Waals surface area contributed by atoms with E-state index >= 15 is 0 Å². The number of esters is 1. The quantitative estimate of drug-likeness (QED) is 0.345. The van der Waals surface area contributed by atoms with Crippen molar-refractivity contribution in [3.8, 4) is 0 Å². The first kappa shape index (κ1) is 24.1. The van der Waals surface area contributed by atoms with E-state index in [9.17, 15) is 13.8 Å². The molecule has 1 unspecified atom stereocenters. The molecule has 1 N–H and O–H groups in total. The maximum absolute atomic E-state index is 11.9. The van der Waals surface area contributed by atoms with Crippen molar-refractivity contribution in [2.75, 3.05) is 6.61 Å². The summed E-state index contributed by atoms with van der Waals surface area (Å²) in [5.74, 6) is -0.572. The minimum absolute atomic E-state index is 0. The minimum atomic E-state index is -1.93. The first-order valence-electron chi connectivity index (χ1n) is 6.81. The van der Waals surface area contributed by atoms with Crippen LogP contribution in [0.1, 0.15) is 34.6 Å². The molecule has 0 bridgehead atoms. The summed E-state index contributed by atoms with van der Waals surface area (Å²) >= 11 is 0. The van der Waals surface area contributed by atoms with Crippen LogP contribution in [0.25, 0.3) is 0 Å². The van der Waals surface area contributed by atoms with E-state index in [2.05, 4.69) is 11.2 Å². The molecule has 0 saturated heterocycles. The third-order valence-electron chi connectivity index (χ3n) is 2.42. The zero-order valence-corrected chi connectivity index (χ0v) is 18.9. The molecule has 124 valence electrons. The number of rotatable bonds is 5. The second kappa shape index (κ2) is 12.3. The molecule has 7 heteroatoms. The fraction of sp³-hybridized carbons (Fsp3) is 0.533. The number of carbonyl (C=O) groups is 1. The van der Waals surface area contributed by atoms with E-state index in [4.69, 9.17) is 4.74 Å². The molecule has 0 aliphatic heterocycles. The van der Waals surface area contributed by atoms with E-state index in [1.54, 1.807) is 20.8 Å². The number of hydrogen-bond acceptors (Lipinski definition) is 3. The van der Waals surface area contributed by atoms with Crippen LogP contribution in [0.5, 0.6) is 0 Å². The molecule has 1 atom stereocenters. The number of nitrogens with one attached hydrogen (secondary N) is 1. The summed E-state index contributed by atoms with van der Waals surface area (Å²) in [6, 6.07) is 8.49. The Hall–Kier alpha value is -0.138. The van der Waals surface area contributed by atoms with Gasteiger partial charge in [0.2, 0.25) is 0 Å². The molecule has 0 aliphatic carbocycles. The molecule has 0 spiro atoms. The van der Waals surface area contributed by atoms with Gasteiger partial charge in [-0.3, -0.25) is 9.88 Å². The average Bonchev–Trinajstić information content (AvgIpc) is 2.40. The summed E-state index contributed by atoms with van der Waals surface area (Å²) in [4.78, 5) is 11.4. The van der Waals surface area contributed by atoms with Crippen molar-refractivity contribution < 1.29 is 49.6 Å². The Labute approximate surface area is 156 Å². The Morgan fingerprint density at radius 1 is 1.41 bits per heavy atom. The Morgan fingerprint density at radius 2 is 1.91 bits per heavy atom. The maximum Gasteiger partial charge on any atom is 0.326 e. The van der Waals surface area contributed by atoms with Gasteiger partial charge in [-0.2, -0.15) is 18.2 Å². The molecular weight excluding hydrogens is 530 g/mol. The first-order valence-corrected chi connectivity index (χ1v) is 8.30. The fourth-order valence-corrected chi connectivity index (χ4v) is 2.19. The van der Waals surface area contributed by atoms with Gasteiger partial charge in [-0.05, 0) is 20.8 Å². The number of benzene rings is 1. The van der Waals surface area contributed by atoms with Crippen LogP contribution >= 0.6 is 7.95 Å². The standard InChI is InChI=1S/C9H20NO3P.C6H4F.U/c1-6-13-8(11)9(4,5)10-14(12)7(2)3;7-6-4-2-1-3-5-6;/h7,14H,6H2,1-5H3,(H,10,12);2-5H;/q;-1;. The van der Waals surface area contributed by atoms with Crippen molar-refractivity contribution in [3.63, 3.8) is 0 Å². The zero-order valence-electron chi connectivity index (χ0n) is 13.7. The molecule has 22 heavy (non-hydrogen) atoms. The van der Waals surface area contributed by atoms with Gasteiger partial charge in [-0.15, -0.1) is 12.1 Å². The topological polar surface area (TPSA) is 55.4 Å². The van der Waals surface area contributed by atoms with Crippen LogP contribution in [0.4, 0.5) is 4.39 Å².